The molecular weight excluding hydrogens is 548 g/mol. The zero-order valence-electron chi connectivity index (χ0n) is 18.0. The van der Waals surface area contributed by atoms with E-state index in [1.807, 2.05) is 24.8 Å². The van der Waals surface area contributed by atoms with Crippen molar-refractivity contribution in [3.8, 4) is 33.4 Å². The van der Waals surface area contributed by atoms with Crippen LogP contribution in [0.4, 0.5) is 0 Å². The summed E-state index contributed by atoms with van der Waals surface area (Å²) in [5.74, 6) is 0. The average molecular weight is 566 g/mol. The summed E-state index contributed by atoms with van der Waals surface area (Å²) in [6.45, 7) is 0. The predicted octanol–water partition coefficient (Wildman–Crippen LogP) is 9.31. The van der Waals surface area contributed by atoms with Crippen molar-refractivity contribution in [3.05, 3.63) is 119 Å². The van der Waals surface area contributed by atoms with Gasteiger partial charge >= 0.3 is 0 Å². The van der Waals surface area contributed by atoms with Crippen LogP contribution in [0.25, 0.3) is 54.9 Å². The van der Waals surface area contributed by atoms with E-state index in [1.165, 1.54) is 21.5 Å². The second-order valence-corrected chi connectivity index (χ2v) is 9.85. The summed E-state index contributed by atoms with van der Waals surface area (Å²) in [7, 11) is 0. The lowest BCUT2D eigenvalue weighted by atomic mass is 9.88. The minimum atomic E-state index is 0.936. The molecule has 4 heteroatoms. The van der Waals surface area contributed by atoms with Crippen molar-refractivity contribution in [2.24, 2.45) is 0 Å². The first-order valence-corrected chi connectivity index (χ1v) is 12.5. The number of fused-ring (bicyclic) bond motifs is 2. The van der Waals surface area contributed by atoms with Gasteiger partial charge in [0, 0.05) is 56.0 Å². The molecule has 2 heterocycles. The fraction of sp³-hybridized carbons (Fsp3) is 0. The van der Waals surface area contributed by atoms with E-state index in [9.17, 15) is 0 Å². The molecule has 0 saturated carbocycles. The van der Waals surface area contributed by atoms with Crippen LogP contribution in [0.2, 0.25) is 0 Å². The van der Waals surface area contributed by atoms with Crippen molar-refractivity contribution in [1.29, 1.82) is 0 Å². The van der Waals surface area contributed by atoms with Gasteiger partial charge in [-0.05, 0) is 64.5 Å². The van der Waals surface area contributed by atoms with Gasteiger partial charge in [-0.15, -0.1) is 0 Å². The first-order chi connectivity index (χ1) is 16.7. The Bertz CT molecular complexity index is 1550. The van der Waals surface area contributed by atoms with Gasteiger partial charge in [-0.25, -0.2) is 0 Å². The Labute approximate surface area is 214 Å². The summed E-state index contributed by atoms with van der Waals surface area (Å²) in [5, 5.41) is 4.80. The molecular formula is C30H18Br2N2. The van der Waals surface area contributed by atoms with Crippen molar-refractivity contribution in [2.45, 2.75) is 0 Å². The lowest BCUT2D eigenvalue weighted by Crippen LogP contribution is -1.95. The predicted molar refractivity (Wildman–Crippen MR) is 149 cm³/mol. The van der Waals surface area contributed by atoms with Crippen molar-refractivity contribution in [3.63, 3.8) is 0 Å². The molecule has 0 amide bonds. The minimum absolute atomic E-state index is 0.936. The second-order valence-electron chi connectivity index (χ2n) is 8.14. The smallest absolute Gasteiger partial charge is 0.0444 e. The fourth-order valence-electron chi connectivity index (χ4n) is 4.71. The lowest BCUT2D eigenvalue weighted by Gasteiger charge is -2.19. The zero-order valence-corrected chi connectivity index (χ0v) is 21.2. The van der Waals surface area contributed by atoms with E-state index in [2.05, 4.69) is 127 Å². The number of aromatic nitrogens is 2. The number of nitrogens with zero attached hydrogens (tertiary/aromatic N) is 2. The number of hydrogen-bond donors (Lipinski definition) is 0. The van der Waals surface area contributed by atoms with E-state index < -0.39 is 0 Å². The van der Waals surface area contributed by atoms with E-state index >= 15 is 0 Å². The Morgan fingerprint density at radius 1 is 0.412 bits per heavy atom. The normalized spacial score (nSPS) is 11.2. The van der Waals surface area contributed by atoms with Crippen LogP contribution in [0, 0.1) is 0 Å². The molecule has 2 aromatic heterocycles. The summed E-state index contributed by atoms with van der Waals surface area (Å²) in [5.41, 5.74) is 6.61. The summed E-state index contributed by atoms with van der Waals surface area (Å²) in [4.78, 5) is 9.12. The summed E-state index contributed by atoms with van der Waals surface area (Å²) >= 11 is 7.66. The Hall–Kier alpha value is -3.34. The third-order valence-corrected chi connectivity index (χ3v) is 7.41. The highest BCUT2D eigenvalue weighted by atomic mass is 79.9. The van der Waals surface area contributed by atoms with Gasteiger partial charge in [-0.1, -0.05) is 84.9 Å². The number of hydrogen-bond acceptors (Lipinski definition) is 2. The molecule has 0 radical (unpaired) electrons. The van der Waals surface area contributed by atoms with E-state index in [0.717, 1.165) is 42.3 Å². The molecule has 0 atom stereocenters. The third kappa shape index (κ3) is 3.54. The molecule has 0 aliphatic carbocycles. The lowest BCUT2D eigenvalue weighted by molar-refractivity contribution is 1.29. The maximum atomic E-state index is 4.56. The molecule has 0 aliphatic rings. The van der Waals surface area contributed by atoms with Crippen molar-refractivity contribution >= 4 is 53.4 Å². The fourth-order valence-corrected chi connectivity index (χ4v) is 5.77. The topological polar surface area (TPSA) is 25.8 Å². The van der Waals surface area contributed by atoms with Crippen LogP contribution in [0.5, 0.6) is 0 Å². The van der Waals surface area contributed by atoms with Gasteiger partial charge in [0.25, 0.3) is 0 Å². The van der Waals surface area contributed by atoms with Gasteiger partial charge in [0.1, 0.15) is 0 Å². The first kappa shape index (κ1) is 21.2. The molecule has 6 aromatic rings. The van der Waals surface area contributed by atoms with Gasteiger partial charge in [0.2, 0.25) is 0 Å². The van der Waals surface area contributed by atoms with Crippen LogP contribution in [0.3, 0.4) is 0 Å². The third-order valence-electron chi connectivity index (χ3n) is 6.21. The molecule has 34 heavy (non-hydrogen) atoms. The Morgan fingerprint density at radius 3 is 1.29 bits per heavy atom. The SMILES string of the molecule is Brc1cncc(-c2cccc3ccccc23)c1-c1c(Br)cncc1-c1cccc2ccccc12. The van der Waals surface area contributed by atoms with Crippen LogP contribution in [-0.4, -0.2) is 9.97 Å². The summed E-state index contributed by atoms with van der Waals surface area (Å²) < 4.78 is 1.87. The quantitative estimate of drug-likeness (QED) is 0.213. The first-order valence-electron chi connectivity index (χ1n) is 11.0. The van der Waals surface area contributed by atoms with Crippen LogP contribution in [0.1, 0.15) is 0 Å². The number of benzene rings is 4. The molecule has 0 fully saturated rings. The highest BCUT2D eigenvalue weighted by Crippen LogP contribution is 2.47. The van der Waals surface area contributed by atoms with Crippen molar-refractivity contribution in [1.82, 2.24) is 9.97 Å². The highest BCUT2D eigenvalue weighted by molar-refractivity contribution is 9.11. The van der Waals surface area contributed by atoms with Gasteiger partial charge in [0.15, 0.2) is 0 Å². The Morgan fingerprint density at radius 2 is 0.824 bits per heavy atom. The summed E-state index contributed by atoms with van der Waals surface area (Å²) in [6, 6.07) is 29.8. The Balaban J connectivity index is 1.70. The molecule has 0 bridgehead atoms. The minimum Gasteiger partial charge on any atom is -0.263 e. The van der Waals surface area contributed by atoms with Crippen LogP contribution >= 0.6 is 31.9 Å². The Kier molecular flexibility index (Phi) is 5.48. The van der Waals surface area contributed by atoms with E-state index in [0.29, 0.717) is 0 Å². The maximum absolute atomic E-state index is 4.56. The number of pyridine rings is 2. The maximum Gasteiger partial charge on any atom is 0.0444 e. The van der Waals surface area contributed by atoms with Gasteiger partial charge in [-0.3, -0.25) is 9.97 Å². The largest absolute Gasteiger partial charge is 0.263 e. The monoisotopic (exact) mass is 564 g/mol. The van der Waals surface area contributed by atoms with Gasteiger partial charge < -0.3 is 0 Å². The molecule has 0 unspecified atom stereocenters. The number of rotatable bonds is 3. The van der Waals surface area contributed by atoms with E-state index in [-0.39, 0.29) is 0 Å². The molecule has 0 N–H and O–H groups in total. The molecule has 4 aromatic carbocycles. The van der Waals surface area contributed by atoms with Crippen molar-refractivity contribution < 1.29 is 0 Å². The van der Waals surface area contributed by atoms with Crippen molar-refractivity contribution in [2.75, 3.05) is 0 Å². The average Bonchev–Trinajstić information content (AvgIpc) is 2.88. The molecule has 0 saturated heterocycles. The molecule has 0 aliphatic heterocycles. The highest BCUT2D eigenvalue weighted by Gasteiger charge is 2.21. The molecule has 2 nitrogen and oxygen atoms in total. The van der Waals surface area contributed by atoms with Crippen LogP contribution < -0.4 is 0 Å². The van der Waals surface area contributed by atoms with Gasteiger partial charge in [0.05, 0.1) is 0 Å². The van der Waals surface area contributed by atoms with E-state index in [1.54, 1.807) is 0 Å². The zero-order chi connectivity index (χ0) is 23.1. The molecule has 0 spiro atoms. The molecule has 6 rings (SSSR count). The molecule has 162 valence electrons. The standard InChI is InChI=1S/C30H18Br2N2/c31-27-17-33-15-25(23-13-5-9-19-7-1-3-11-21(19)23)29(27)30-26(16-34-18-28(30)32)24-14-6-10-20-8-2-4-12-22(20)24/h1-18H. The summed E-state index contributed by atoms with van der Waals surface area (Å²) in [6.07, 6.45) is 7.65. The second kappa shape index (κ2) is 8.79. The van der Waals surface area contributed by atoms with Crippen LogP contribution in [0.15, 0.2) is 119 Å². The van der Waals surface area contributed by atoms with Crippen LogP contribution in [-0.2, 0) is 0 Å². The van der Waals surface area contributed by atoms with Gasteiger partial charge in [-0.2, -0.15) is 0 Å². The van der Waals surface area contributed by atoms with E-state index in [4.69, 9.17) is 0 Å². The number of halogens is 2.